The number of carbonyl (C=O) groups is 2. The summed E-state index contributed by atoms with van der Waals surface area (Å²) in [6.07, 6.45) is 0. The van der Waals surface area contributed by atoms with Crippen LogP contribution in [0, 0.1) is 0 Å². The first kappa shape index (κ1) is 22.2. The summed E-state index contributed by atoms with van der Waals surface area (Å²) in [5.74, 6) is 0.0131. The molecular formula is C23H20N2O7S. The zero-order valence-electron chi connectivity index (χ0n) is 17.3. The summed E-state index contributed by atoms with van der Waals surface area (Å²) in [7, 11) is -3.80. The minimum Gasteiger partial charge on any atom is -0.454 e. The third kappa shape index (κ3) is 5.60. The molecule has 0 atom stereocenters. The normalized spacial score (nSPS) is 12.1. The second-order valence-corrected chi connectivity index (χ2v) is 8.72. The van der Waals surface area contributed by atoms with Crippen molar-refractivity contribution in [2.75, 3.05) is 18.1 Å². The van der Waals surface area contributed by atoms with Gasteiger partial charge in [-0.15, -0.1) is 0 Å². The number of hydrogen-bond acceptors (Lipinski definition) is 7. The number of esters is 1. The summed E-state index contributed by atoms with van der Waals surface area (Å²) in [5.41, 5.74) is 1.10. The Morgan fingerprint density at radius 3 is 2.52 bits per heavy atom. The number of rotatable bonds is 8. The minimum atomic E-state index is -3.80. The molecule has 9 nitrogen and oxygen atoms in total. The maximum Gasteiger partial charge on any atom is 0.338 e. The predicted molar refractivity (Wildman–Crippen MR) is 118 cm³/mol. The van der Waals surface area contributed by atoms with Gasteiger partial charge in [0, 0.05) is 12.2 Å². The van der Waals surface area contributed by atoms with Gasteiger partial charge in [-0.1, -0.05) is 30.3 Å². The van der Waals surface area contributed by atoms with E-state index in [0.29, 0.717) is 11.5 Å². The summed E-state index contributed by atoms with van der Waals surface area (Å²) in [4.78, 5) is 24.5. The summed E-state index contributed by atoms with van der Waals surface area (Å²) in [6.45, 7) is -0.0941. The van der Waals surface area contributed by atoms with Gasteiger partial charge in [0.2, 0.25) is 6.79 Å². The van der Waals surface area contributed by atoms with Crippen LogP contribution in [-0.2, 0) is 26.1 Å². The van der Waals surface area contributed by atoms with Crippen molar-refractivity contribution < 1.29 is 32.2 Å². The molecule has 4 rings (SSSR count). The van der Waals surface area contributed by atoms with Crippen LogP contribution in [0.2, 0.25) is 0 Å². The SMILES string of the molecule is O=C(COC(=O)c1cccc(NS(=O)(=O)c2ccccc2)c1)NCc1ccc2c(c1)OCO2. The van der Waals surface area contributed by atoms with Crippen LogP contribution in [0.4, 0.5) is 5.69 Å². The molecule has 0 saturated heterocycles. The van der Waals surface area contributed by atoms with Crippen molar-refractivity contribution in [1.29, 1.82) is 0 Å². The van der Waals surface area contributed by atoms with Gasteiger partial charge >= 0.3 is 5.97 Å². The number of sulfonamides is 1. The molecule has 1 amide bonds. The average Bonchev–Trinajstić information content (AvgIpc) is 3.29. The van der Waals surface area contributed by atoms with E-state index in [0.717, 1.165) is 5.56 Å². The molecule has 1 heterocycles. The number of fused-ring (bicyclic) bond motifs is 1. The Morgan fingerprint density at radius 1 is 0.909 bits per heavy atom. The van der Waals surface area contributed by atoms with Gasteiger partial charge in [-0.25, -0.2) is 13.2 Å². The molecule has 10 heteroatoms. The molecule has 0 fully saturated rings. The van der Waals surface area contributed by atoms with Crippen molar-refractivity contribution in [2.45, 2.75) is 11.4 Å². The molecule has 1 aliphatic heterocycles. The Hall–Kier alpha value is -4.05. The molecular weight excluding hydrogens is 448 g/mol. The average molecular weight is 468 g/mol. The number of ether oxygens (including phenoxy) is 3. The van der Waals surface area contributed by atoms with Crippen LogP contribution in [-0.4, -0.2) is 33.7 Å². The predicted octanol–water partition coefficient (Wildman–Crippen LogP) is 2.69. The molecule has 3 aromatic rings. The van der Waals surface area contributed by atoms with E-state index in [4.69, 9.17) is 14.2 Å². The Bertz CT molecular complexity index is 1280. The molecule has 0 radical (unpaired) electrons. The van der Waals surface area contributed by atoms with Crippen LogP contribution >= 0.6 is 0 Å². The maximum absolute atomic E-state index is 12.5. The van der Waals surface area contributed by atoms with Gasteiger partial charge in [-0.2, -0.15) is 0 Å². The summed E-state index contributed by atoms with van der Waals surface area (Å²) >= 11 is 0. The van der Waals surface area contributed by atoms with Crippen molar-refractivity contribution in [3.63, 3.8) is 0 Å². The van der Waals surface area contributed by atoms with E-state index < -0.39 is 28.5 Å². The lowest BCUT2D eigenvalue weighted by atomic mass is 10.2. The molecule has 170 valence electrons. The van der Waals surface area contributed by atoms with Crippen LogP contribution < -0.4 is 19.5 Å². The van der Waals surface area contributed by atoms with Crippen molar-refractivity contribution in [3.8, 4) is 11.5 Å². The van der Waals surface area contributed by atoms with Gasteiger partial charge in [0.05, 0.1) is 10.5 Å². The second-order valence-electron chi connectivity index (χ2n) is 7.04. The number of nitrogens with one attached hydrogen (secondary N) is 2. The first-order valence-corrected chi connectivity index (χ1v) is 11.4. The van der Waals surface area contributed by atoms with Crippen molar-refractivity contribution in [2.24, 2.45) is 0 Å². The molecule has 3 aromatic carbocycles. The van der Waals surface area contributed by atoms with E-state index in [1.165, 1.54) is 36.4 Å². The highest BCUT2D eigenvalue weighted by molar-refractivity contribution is 7.92. The highest BCUT2D eigenvalue weighted by Crippen LogP contribution is 2.32. The van der Waals surface area contributed by atoms with E-state index in [1.54, 1.807) is 36.4 Å². The Labute approximate surface area is 190 Å². The molecule has 0 aromatic heterocycles. The first-order valence-electron chi connectivity index (χ1n) is 9.91. The Morgan fingerprint density at radius 2 is 1.70 bits per heavy atom. The maximum atomic E-state index is 12.5. The van der Waals surface area contributed by atoms with Crippen LogP contribution in [0.25, 0.3) is 0 Å². The minimum absolute atomic E-state index is 0.0945. The third-order valence-electron chi connectivity index (χ3n) is 4.67. The zero-order valence-corrected chi connectivity index (χ0v) is 18.1. The van der Waals surface area contributed by atoms with E-state index in [2.05, 4.69) is 10.0 Å². The van der Waals surface area contributed by atoms with Crippen LogP contribution in [0.3, 0.4) is 0 Å². The highest BCUT2D eigenvalue weighted by Gasteiger charge is 2.16. The molecule has 0 bridgehead atoms. The van der Waals surface area contributed by atoms with Gasteiger partial charge in [0.15, 0.2) is 18.1 Å². The third-order valence-corrected chi connectivity index (χ3v) is 6.06. The molecule has 2 N–H and O–H groups in total. The number of hydrogen-bond donors (Lipinski definition) is 2. The van der Waals surface area contributed by atoms with Crippen molar-refractivity contribution >= 4 is 27.6 Å². The molecule has 0 unspecified atom stereocenters. The standard InChI is InChI=1S/C23H20N2O7S/c26-22(24-13-16-9-10-20-21(11-16)32-15-31-20)14-30-23(27)17-5-4-6-18(12-17)25-33(28,29)19-7-2-1-3-8-19/h1-12,25H,13-15H2,(H,24,26). The lowest BCUT2D eigenvalue weighted by Crippen LogP contribution is -2.28. The summed E-state index contributed by atoms with van der Waals surface area (Å²) in [6, 6.07) is 19.0. The topological polar surface area (TPSA) is 120 Å². The van der Waals surface area contributed by atoms with Crippen LogP contribution in [0.5, 0.6) is 11.5 Å². The molecule has 0 saturated carbocycles. The summed E-state index contributed by atoms with van der Waals surface area (Å²) in [5, 5.41) is 2.65. The van der Waals surface area contributed by atoms with Gasteiger partial charge in [-0.05, 0) is 48.0 Å². The molecule has 0 aliphatic carbocycles. The van der Waals surface area contributed by atoms with Gasteiger partial charge < -0.3 is 19.5 Å². The number of anilines is 1. The quantitative estimate of drug-likeness (QED) is 0.488. The van der Waals surface area contributed by atoms with Crippen molar-refractivity contribution in [3.05, 3.63) is 83.9 Å². The van der Waals surface area contributed by atoms with E-state index in [1.807, 2.05) is 0 Å². The van der Waals surface area contributed by atoms with E-state index >= 15 is 0 Å². The Kier molecular flexibility index (Phi) is 6.45. The fourth-order valence-electron chi connectivity index (χ4n) is 3.04. The number of carbonyl (C=O) groups excluding carboxylic acids is 2. The fourth-order valence-corrected chi connectivity index (χ4v) is 4.11. The smallest absolute Gasteiger partial charge is 0.338 e. The zero-order chi connectivity index (χ0) is 23.3. The summed E-state index contributed by atoms with van der Waals surface area (Å²) < 4.78 is 42.9. The number of benzene rings is 3. The lowest BCUT2D eigenvalue weighted by Gasteiger charge is -2.10. The van der Waals surface area contributed by atoms with Crippen molar-refractivity contribution in [1.82, 2.24) is 5.32 Å². The second kappa shape index (κ2) is 9.61. The van der Waals surface area contributed by atoms with Gasteiger partial charge in [0.25, 0.3) is 15.9 Å². The number of amides is 1. The largest absolute Gasteiger partial charge is 0.454 e. The van der Waals surface area contributed by atoms with Gasteiger partial charge in [-0.3, -0.25) is 9.52 Å². The highest BCUT2D eigenvalue weighted by atomic mass is 32.2. The molecule has 33 heavy (non-hydrogen) atoms. The van der Waals surface area contributed by atoms with E-state index in [9.17, 15) is 18.0 Å². The first-order chi connectivity index (χ1) is 15.9. The van der Waals surface area contributed by atoms with Crippen LogP contribution in [0.1, 0.15) is 15.9 Å². The van der Waals surface area contributed by atoms with Gasteiger partial charge in [0.1, 0.15) is 0 Å². The monoisotopic (exact) mass is 468 g/mol. The lowest BCUT2D eigenvalue weighted by molar-refractivity contribution is -0.124. The molecule has 1 aliphatic rings. The van der Waals surface area contributed by atoms with Crippen LogP contribution in [0.15, 0.2) is 77.7 Å². The fraction of sp³-hybridized carbons (Fsp3) is 0.130. The molecule has 0 spiro atoms. The Balaban J connectivity index is 1.30. The van der Waals surface area contributed by atoms with E-state index in [-0.39, 0.29) is 29.5 Å².